The van der Waals surface area contributed by atoms with Gasteiger partial charge >= 0.3 is 5.91 Å². The molecule has 0 spiro atoms. The Labute approximate surface area is 121 Å². The molecule has 1 aliphatic rings. The van der Waals surface area contributed by atoms with Crippen molar-refractivity contribution in [3.05, 3.63) is 40.1 Å². The van der Waals surface area contributed by atoms with E-state index in [1.807, 2.05) is 7.05 Å². The minimum absolute atomic E-state index is 0. The van der Waals surface area contributed by atoms with Crippen molar-refractivity contribution in [1.82, 2.24) is 0 Å². The van der Waals surface area contributed by atoms with Gasteiger partial charge in [-0.1, -0.05) is 23.2 Å². The molecule has 1 heterocycles. The van der Waals surface area contributed by atoms with E-state index in [1.54, 1.807) is 24.5 Å². The summed E-state index contributed by atoms with van der Waals surface area (Å²) in [6.45, 7) is 0. The van der Waals surface area contributed by atoms with E-state index in [0.29, 0.717) is 21.4 Å². The number of anilines is 1. The van der Waals surface area contributed by atoms with Crippen molar-refractivity contribution < 1.29 is 22.1 Å². The number of nitrogens with one attached hydrogen (secondary N) is 2. The number of carbonyl (C=O) groups excluding carboxylic acids is 1. The van der Waals surface area contributed by atoms with E-state index in [4.69, 9.17) is 23.2 Å². The smallest absolute Gasteiger partial charge is 0.311 e. The zero-order valence-corrected chi connectivity index (χ0v) is 11.6. The lowest BCUT2D eigenvalue weighted by Crippen LogP contribution is -3.06. The molecule has 7 heteroatoms. The van der Waals surface area contributed by atoms with Crippen LogP contribution in [0.3, 0.4) is 0 Å². The fourth-order valence-corrected chi connectivity index (χ4v) is 1.87. The maximum absolute atomic E-state index is 11.9. The van der Waals surface area contributed by atoms with Crippen LogP contribution in [0.5, 0.6) is 0 Å². The van der Waals surface area contributed by atoms with Crippen molar-refractivity contribution in [3.8, 4) is 0 Å². The summed E-state index contributed by atoms with van der Waals surface area (Å²) in [5, 5.41) is 3.64. The number of likely N-dealkylation sites (N-methyl/N-ethyl adjacent to an activating group) is 1. The van der Waals surface area contributed by atoms with Gasteiger partial charge in [0.05, 0.1) is 24.0 Å². The number of amides is 1. The van der Waals surface area contributed by atoms with Crippen molar-refractivity contribution in [1.29, 1.82) is 0 Å². The lowest BCUT2D eigenvalue weighted by molar-refractivity contribution is -0.720. The Morgan fingerprint density at radius 2 is 2.11 bits per heavy atom. The molecule has 1 aromatic carbocycles. The summed E-state index contributed by atoms with van der Waals surface area (Å²) in [6, 6.07) is 4.91. The average molecular weight is 307 g/mol. The summed E-state index contributed by atoms with van der Waals surface area (Å²) in [4.78, 5) is 16.6. The van der Waals surface area contributed by atoms with E-state index >= 15 is 0 Å². The summed E-state index contributed by atoms with van der Waals surface area (Å²) in [5.41, 5.74) is 1.07. The van der Waals surface area contributed by atoms with E-state index < -0.39 is 0 Å². The van der Waals surface area contributed by atoms with Crippen molar-refractivity contribution in [2.75, 3.05) is 12.4 Å². The zero-order valence-electron chi connectivity index (χ0n) is 9.38. The number of aliphatic imine (C=N–C) groups is 1. The highest BCUT2D eigenvalue weighted by atomic mass is 35.5. The Hall–Kier alpha value is -1.07. The topological polar surface area (TPSA) is 45.9 Å². The maximum atomic E-state index is 11.9. The van der Waals surface area contributed by atoms with Gasteiger partial charge in [-0.3, -0.25) is 9.69 Å². The highest BCUT2D eigenvalue weighted by Gasteiger charge is 2.22. The molecule has 4 nitrogen and oxygen atoms in total. The second-order valence-electron chi connectivity index (χ2n) is 3.58. The largest absolute Gasteiger partial charge is 1.00 e. The molecule has 2 rings (SSSR count). The van der Waals surface area contributed by atoms with Gasteiger partial charge in [0.15, 0.2) is 6.34 Å². The number of hydrogen-bond donors (Lipinski definition) is 2. The maximum Gasteiger partial charge on any atom is 0.311 e. The number of nitrogens with zero attached hydrogens (tertiary/aromatic N) is 1. The van der Waals surface area contributed by atoms with Crippen LogP contribution in [0.15, 0.2) is 35.1 Å². The number of rotatable bonds is 2. The van der Waals surface area contributed by atoms with Gasteiger partial charge in [-0.2, -0.15) is 0 Å². The minimum atomic E-state index is -0.232. The molecule has 0 radical (unpaired) electrons. The lowest BCUT2D eigenvalue weighted by atomic mass is 10.3. The normalized spacial score (nSPS) is 17.1. The Morgan fingerprint density at radius 3 is 2.67 bits per heavy atom. The van der Waals surface area contributed by atoms with Crippen LogP contribution in [-0.2, 0) is 4.79 Å². The Bertz CT molecular complexity index is 528. The molecule has 0 saturated carbocycles. The first-order chi connectivity index (χ1) is 8.08. The highest BCUT2D eigenvalue weighted by Crippen LogP contribution is 2.25. The fraction of sp³-hybridized carbons (Fsp3) is 0.0909. The van der Waals surface area contributed by atoms with E-state index in [-0.39, 0.29) is 18.3 Å². The van der Waals surface area contributed by atoms with E-state index in [2.05, 4.69) is 10.3 Å². The summed E-state index contributed by atoms with van der Waals surface area (Å²) in [7, 11) is 1.82. The summed E-state index contributed by atoms with van der Waals surface area (Å²) in [6.07, 6.45) is 3.16. The first-order valence-electron chi connectivity index (χ1n) is 4.91. The van der Waals surface area contributed by atoms with Crippen LogP contribution in [0.4, 0.5) is 5.69 Å². The van der Waals surface area contributed by atoms with Gasteiger partial charge in [-0.05, 0) is 18.2 Å². The predicted octanol–water partition coefficient (Wildman–Crippen LogP) is -1.67. The van der Waals surface area contributed by atoms with Crippen molar-refractivity contribution in [2.24, 2.45) is 4.99 Å². The molecule has 1 aliphatic heterocycles. The molecule has 0 saturated heterocycles. The monoisotopic (exact) mass is 305 g/mol. The second kappa shape index (κ2) is 6.20. The molecule has 1 aromatic rings. The van der Waals surface area contributed by atoms with E-state index in [9.17, 15) is 4.79 Å². The van der Waals surface area contributed by atoms with E-state index in [0.717, 1.165) is 4.90 Å². The van der Waals surface area contributed by atoms with Gasteiger partial charge in [0, 0.05) is 5.02 Å². The fourth-order valence-electron chi connectivity index (χ4n) is 1.41. The van der Waals surface area contributed by atoms with Gasteiger partial charge in [0.2, 0.25) is 5.70 Å². The molecular weight excluding hydrogens is 296 g/mol. The van der Waals surface area contributed by atoms with Gasteiger partial charge in [-0.25, -0.2) is 4.99 Å². The molecule has 0 bridgehead atoms. The quantitative estimate of drug-likeness (QED) is 0.675. The van der Waals surface area contributed by atoms with Crippen LogP contribution in [0, 0.1) is 0 Å². The van der Waals surface area contributed by atoms with Crippen LogP contribution < -0.4 is 22.6 Å². The van der Waals surface area contributed by atoms with Crippen molar-refractivity contribution >= 4 is 41.1 Å². The zero-order chi connectivity index (χ0) is 12.4. The molecule has 18 heavy (non-hydrogen) atoms. The number of benzene rings is 1. The number of hydrogen-bond acceptors (Lipinski definition) is 2. The molecule has 1 atom stereocenters. The average Bonchev–Trinajstić information content (AvgIpc) is 2.68. The van der Waals surface area contributed by atoms with Crippen molar-refractivity contribution in [3.63, 3.8) is 0 Å². The molecule has 1 amide bonds. The molecule has 0 aliphatic carbocycles. The van der Waals surface area contributed by atoms with Gasteiger partial charge < -0.3 is 17.7 Å². The van der Waals surface area contributed by atoms with Gasteiger partial charge in [0.25, 0.3) is 0 Å². The molecule has 0 fully saturated rings. The molecule has 0 aromatic heterocycles. The van der Waals surface area contributed by atoms with Crippen LogP contribution in [0.25, 0.3) is 0 Å². The molecule has 2 N–H and O–H groups in total. The molecular formula is C11H10Cl3N3O. The van der Waals surface area contributed by atoms with Crippen molar-refractivity contribution in [2.45, 2.75) is 0 Å². The first kappa shape index (κ1) is 15.0. The third-order valence-corrected chi connectivity index (χ3v) is 2.87. The summed E-state index contributed by atoms with van der Waals surface area (Å²) >= 11 is 11.7. The van der Waals surface area contributed by atoms with Crippen LogP contribution in [0.1, 0.15) is 0 Å². The minimum Gasteiger partial charge on any atom is -1.00 e. The molecule has 1 unspecified atom stereocenters. The summed E-state index contributed by atoms with van der Waals surface area (Å²) in [5.74, 6) is -0.232. The Morgan fingerprint density at radius 1 is 1.39 bits per heavy atom. The van der Waals surface area contributed by atoms with Gasteiger partial charge in [-0.15, -0.1) is 0 Å². The third-order valence-electron chi connectivity index (χ3n) is 2.32. The number of halogens is 3. The standard InChI is InChI=1S/C11H9Cl2N3O.ClH/c1-16-6-14-5-10(16)11(17)15-9-3-2-7(12)4-8(9)13;/h2-6H,1H3,(H,15,17);1H. The Kier molecular flexibility index (Phi) is 5.16. The van der Waals surface area contributed by atoms with Crippen LogP contribution >= 0.6 is 23.2 Å². The van der Waals surface area contributed by atoms with E-state index in [1.165, 1.54) is 6.20 Å². The number of carbonyl (C=O) groups is 1. The first-order valence-corrected chi connectivity index (χ1v) is 5.67. The second-order valence-corrected chi connectivity index (χ2v) is 4.43. The SMILES string of the molecule is C[NH+]1C=NC=C1C(=O)Nc1ccc(Cl)cc1Cl.[Cl-]. The van der Waals surface area contributed by atoms with Crippen LogP contribution in [0.2, 0.25) is 10.0 Å². The van der Waals surface area contributed by atoms with Gasteiger partial charge in [0.1, 0.15) is 0 Å². The summed E-state index contributed by atoms with van der Waals surface area (Å²) < 4.78 is 0. The van der Waals surface area contributed by atoms with Crippen LogP contribution in [-0.4, -0.2) is 19.3 Å². The predicted molar refractivity (Wildman–Crippen MR) is 68.6 cm³/mol. The lowest BCUT2D eigenvalue weighted by Gasteiger charge is -2.09. The molecule has 96 valence electrons. The highest BCUT2D eigenvalue weighted by molar-refractivity contribution is 6.36. The number of quaternary nitrogens is 1. The Balaban J connectivity index is 0.00000162. The third kappa shape index (κ3) is 3.23.